The largest absolute Gasteiger partial charge is 0.480 e. The van der Waals surface area contributed by atoms with E-state index in [1.807, 2.05) is 0 Å². The molecule has 5 N–H and O–H groups in total. The second kappa shape index (κ2) is 9.20. The molecular weight excluding hydrogens is 339 g/mol. The van der Waals surface area contributed by atoms with Crippen molar-refractivity contribution >= 4 is 31.2 Å². The zero-order valence-electron chi connectivity index (χ0n) is 11.9. The third-order valence-corrected chi connectivity index (χ3v) is 3.96. The molecule has 0 spiro atoms. The van der Waals surface area contributed by atoms with Crippen LogP contribution in [0.4, 0.5) is 0 Å². The first-order valence-electron chi connectivity index (χ1n) is 6.04. The van der Waals surface area contributed by atoms with Gasteiger partial charge in [0.2, 0.25) is 7.37 Å². The molecule has 0 saturated heterocycles. The Morgan fingerprint density at radius 3 is 1.04 bits per heavy atom. The molecule has 0 fully saturated rings. The van der Waals surface area contributed by atoms with Crippen LogP contribution in [0.5, 0.6) is 0 Å². The van der Waals surface area contributed by atoms with Gasteiger partial charge in [-0.15, -0.1) is 0 Å². The Bertz CT molecular complexity index is 448. The van der Waals surface area contributed by atoms with E-state index in [1.54, 1.807) is 0 Å². The van der Waals surface area contributed by atoms with Crippen molar-refractivity contribution in [3.8, 4) is 0 Å². The molecule has 0 aromatic heterocycles. The number of nitrogens with zero attached hydrogens (tertiary/aromatic N) is 2. The highest BCUT2D eigenvalue weighted by atomic mass is 31.2. The van der Waals surface area contributed by atoms with Gasteiger partial charge in [0, 0.05) is 0 Å². The molecule has 0 bridgehead atoms. The summed E-state index contributed by atoms with van der Waals surface area (Å²) in [4.78, 5) is 53.7. The predicted octanol–water partition coefficient (Wildman–Crippen LogP) is -1.89. The molecule has 0 aliphatic carbocycles. The molecule has 0 atom stereocenters. The maximum Gasteiger partial charge on any atom is 0.317 e. The zero-order valence-corrected chi connectivity index (χ0v) is 12.8. The van der Waals surface area contributed by atoms with Crippen LogP contribution >= 0.6 is 7.37 Å². The normalized spacial score (nSPS) is 11.6. The van der Waals surface area contributed by atoms with Crippen molar-refractivity contribution in [1.29, 1.82) is 0 Å². The van der Waals surface area contributed by atoms with Crippen molar-refractivity contribution in [2.75, 3.05) is 38.8 Å². The van der Waals surface area contributed by atoms with Gasteiger partial charge in [-0.25, -0.2) is 0 Å². The molecule has 0 rings (SSSR count). The van der Waals surface area contributed by atoms with Gasteiger partial charge in [0.25, 0.3) is 0 Å². The highest BCUT2D eigenvalue weighted by molar-refractivity contribution is 7.57. The van der Waals surface area contributed by atoms with Crippen LogP contribution in [0.1, 0.15) is 0 Å². The van der Waals surface area contributed by atoms with Crippen LogP contribution in [0.15, 0.2) is 0 Å². The summed E-state index contributed by atoms with van der Waals surface area (Å²) in [5.41, 5.74) is 0. The highest BCUT2D eigenvalue weighted by Gasteiger charge is 2.29. The van der Waals surface area contributed by atoms with E-state index in [-0.39, 0.29) is 0 Å². The highest BCUT2D eigenvalue weighted by Crippen LogP contribution is 2.41. The van der Waals surface area contributed by atoms with Crippen LogP contribution in [-0.2, 0) is 23.7 Å². The summed E-state index contributed by atoms with van der Waals surface area (Å²) in [6, 6.07) is 0. The SMILES string of the molecule is O=C(O)CN(CC(=O)O)CP(=O)(O)CN(CC(=O)O)CC(=O)O. The maximum absolute atomic E-state index is 12.1. The van der Waals surface area contributed by atoms with E-state index in [2.05, 4.69) is 0 Å². The van der Waals surface area contributed by atoms with Crippen LogP contribution < -0.4 is 0 Å². The van der Waals surface area contributed by atoms with E-state index in [0.717, 1.165) is 0 Å². The number of hydrogen-bond acceptors (Lipinski definition) is 7. The first-order chi connectivity index (χ1) is 10.4. The zero-order chi connectivity index (χ0) is 18.2. The summed E-state index contributed by atoms with van der Waals surface area (Å²) in [6.07, 6.45) is -1.66. The lowest BCUT2D eigenvalue weighted by Crippen LogP contribution is -2.39. The molecule has 132 valence electrons. The molecule has 0 aliphatic heterocycles. The average molecular weight is 356 g/mol. The van der Waals surface area contributed by atoms with E-state index < -0.39 is 70.0 Å². The van der Waals surface area contributed by atoms with Crippen molar-refractivity contribution in [3.05, 3.63) is 0 Å². The summed E-state index contributed by atoms with van der Waals surface area (Å²) in [6.45, 7) is -3.24. The van der Waals surface area contributed by atoms with Crippen molar-refractivity contribution in [1.82, 2.24) is 9.80 Å². The van der Waals surface area contributed by atoms with Gasteiger partial charge in [-0.3, -0.25) is 33.5 Å². The van der Waals surface area contributed by atoms with Gasteiger partial charge < -0.3 is 25.3 Å². The summed E-state index contributed by atoms with van der Waals surface area (Å²) in [7, 11) is -4.23. The Balaban J connectivity index is 4.98. The smallest absolute Gasteiger partial charge is 0.317 e. The third kappa shape index (κ3) is 11.2. The molecular formula is C10H17N2O10P. The standard InChI is InChI=1S/C10H17N2O10P/c13-7(14)1-11(2-8(15)16)5-23(21,22)6-12(3-9(17)18)4-10(19)20/h1-6H2,(H,13,14)(H,15,16)(H,17,18)(H,19,20)(H,21,22). The first kappa shape index (κ1) is 21.0. The quantitative estimate of drug-likeness (QED) is 0.245. The maximum atomic E-state index is 12.1. The predicted molar refractivity (Wildman–Crippen MR) is 73.2 cm³/mol. The third-order valence-electron chi connectivity index (χ3n) is 2.28. The molecule has 0 aromatic rings. The molecule has 0 heterocycles. The molecule has 0 saturated carbocycles. The summed E-state index contributed by atoms with van der Waals surface area (Å²) in [5.74, 6) is -5.67. The van der Waals surface area contributed by atoms with E-state index in [0.29, 0.717) is 9.80 Å². The summed E-state index contributed by atoms with van der Waals surface area (Å²) < 4.78 is 12.1. The fourth-order valence-electron chi connectivity index (χ4n) is 1.75. The second-order valence-corrected chi connectivity index (χ2v) is 6.94. The van der Waals surface area contributed by atoms with Gasteiger partial charge in [-0.05, 0) is 0 Å². The van der Waals surface area contributed by atoms with Crippen LogP contribution in [0.2, 0.25) is 0 Å². The van der Waals surface area contributed by atoms with Crippen LogP contribution in [0, 0.1) is 0 Å². The molecule has 23 heavy (non-hydrogen) atoms. The fourth-order valence-corrected chi connectivity index (χ4v) is 3.49. The van der Waals surface area contributed by atoms with Crippen molar-refractivity contribution in [2.24, 2.45) is 0 Å². The fraction of sp³-hybridized carbons (Fsp3) is 0.600. The molecule has 13 heteroatoms. The number of carboxylic acids is 4. The van der Waals surface area contributed by atoms with E-state index in [4.69, 9.17) is 20.4 Å². The molecule has 0 aromatic carbocycles. The molecule has 0 amide bonds. The lowest BCUT2D eigenvalue weighted by molar-refractivity contribution is -0.143. The Labute approximate surface area is 130 Å². The molecule has 0 radical (unpaired) electrons. The lowest BCUT2D eigenvalue weighted by atomic mass is 10.5. The Morgan fingerprint density at radius 2 is 0.870 bits per heavy atom. The minimum atomic E-state index is -4.23. The number of carbonyl (C=O) groups is 4. The Hall–Kier alpha value is -2.01. The van der Waals surface area contributed by atoms with E-state index >= 15 is 0 Å². The van der Waals surface area contributed by atoms with Crippen molar-refractivity contribution < 1.29 is 49.1 Å². The molecule has 12 nitrogen and oxygen atoms in total. The van der Waals surface area contributed by atoms with Gasteiger partial charge >= 0.3 is 23.9 Å². The minimum Gasteiger partial charge on any atom is -0.480 e. The molecule has 0 aliphatic rings. The van der Waals surface area contributed by atoms with Crippen LogP contribution in [-0.4, -0.2) is 97.7 Å². The van der Waals surface area contributed by atoms with Gasteiger partial charge in [-0.2, -0.15) is 0 Å². The van der Waals surface area contributed by atoms with Crippen molar-refractivity contribution in [3.63, 3.8) is 0 Å². The number of carboxylic acid groups (broad SMARTS) is 4. The summed E-state index contributed by atoms with van der Waals surface area (Å²) >= 11 is 0. The topological polar surface area (TPSA) is 193 Å². The van der Waals surface area contributed by atoms with Gasteiger partial charge in [0.05, 0.1) is 38.8 Å². The van der Waals surface area contributed by atoms with Crippen molar-refractivity contribution in [2.45, 2.75) is 0 Å². The average Bonchev–Trinajstić information content (AvgIpc) is 2.22. The molecule has 0 unspecified atom stereocenters. The van der Waals surface area contributed by atoms with E-state index in [9.17, 15) is 28.6 Å². The Kier molecular flexibility index (Phi) is 8.40. The van der Waals surface area contributed by atoms with Gasteiger partial charge in [0.15, 0.2) is 0 Å². The van der Waals surface area contributed by atoms with Gasteiger partial charge in [0.1, 0.15) is 0 Å². The van der Waals surface area contributed by atoms with E-state index in [1.165, 1.54) is 0 Å². The van der Waals surface area contributed by atoms with Gasteiger partial charge in [-0.1, -0.05) is 0 Å². The number of hydrogen-bond donors (Lipinski definition) is 5. The second-order valence-electron chi connectivity index (χ2n) is 4.68. The number of rotatable bonds is 12. The lowest BCUT2D eigenvalue weighted by Gasteiger charge is -2.25. The Morgan fingerprint density at radius 1 is 0.652 bits per heavy atom. The van der Waals surface area contributed by atoms with Crippen LogP contribution in [0.25, 0.3) is 0 Å². The summed E-state index contributed by atoms with van der Waals surface area (Å²) in [5, 5.41) is 34.6. The first-order valence-corrected chi connectivity index (χ1v) is 8.07. The minimum absolute atomic E-state index is 0.686. The number of aliphatic carboxylic acids is 4. The monoisotopic (exact) mass is 356 g/mol. The van der Waals surface area contributed by atoms with Crippen LogP contribution in [0.3, 0.4) is 0 Å².